The van der Waals surface area contributed by atoms with E-state index in [2.05, 4.69) is 9.80 Å². The standard InChI is InChI=1S/C16H28N2O3/c1-2-21-16(20)12-15(19)7-5-8-17-10-11-18-9-4-3-6-14(18)13-17/h14H,2-13H2,1H3. The average molecular weight is 296 g/mol. The first kappa shape index (κ1) is 16.4. The van der Waals surface area contributed by atoms with Crippen LogP contribution in [0.1, 0.15) is 45.4 Å². The summed E-state index contributed by atoms with van der Waals surface area (Å²) >= 11 is 0. The average Bonchev–Trinajstić information content (AvgIpc) is 2.47. The summed E-state index contributed by atoms with van der Waals surface area (Å²) in [6.45, 7) is 7.76. The van der Waals surface area contributed by atoms with Crippen LogP contribution in [-0.4, -0.2) is 66.9 Å². The van der Waals surface area contributed by atoms with Crippen molar-refractivity contribution >= 4 is 11.8 Å². The van der Waals surface area contributed by atoms with Crippen LogP contribution < -0.4 is 0 Å². The molecular weight excluding hydrogens is 268 g/mol. The molecule has 0 aliphatic carbocycles. The largest absolute Gasteiger partial charge is 0.466 e. The van der Waals surface area contributed by atoms with E-state index in [0.29, 0.717) is 13.0 Å². The van der Waals surface area contributed by atoms with Crippen molar-refractivity contribution in [2.24, 2.45) is 0 Å². The third-order valence-electron chi connectivity index (χ3n) is 4.50. The second-order valence-corrected chi connectivity index (χ2v) is 6.11. The predicted molar refractivity (Wildman–Crippen MR) is 81.1 cm³/mol. The number of piperidine rings is 1. The second-order valence-electron chi connectivity index (χ2n) is 6.11. The summed E-state index contributed by atoms with van der Waals surface area (Å²) in [5, 5.41) is 0. The Kier molecular flexibility index (Phi) is 6.64. The number of ether oxygens (including phenoxy) is 1. The molecule has 120 valence electrons. The van der Waals surface area contributed by atoms with E-state index in [1.165, 1.54) is 32.4 Å². The van der Waals surface area contributed by atoms with Crippen molar-refractivity contribution < 1.29 is 14.3 Å². The SMILES string of the molecule is CCOC(=O)CC(=O)CCCN1CCN2CCCCC2C1. The molecule has 0 radical (unpaired) electrons. The van der Waals surface area contributed by atoms with Crippen LogP contribution in [0.5, 0.6) is 0 Å². The van der Waals surface area contributed by atoms with Crippen LogP contribution in [-0.2, 0) is 14.3 Å². The monoisotopic (exact) mass is 296 g/mol. The number of esters is 1. The Labute approximate surface area is 127 Å². The molecule has 0 bridgehead atoms. The number of hydrogen-bond donors (Lipinski definition) is 0. The van der Waals surface area contributed by atoms with E-state index in [-0.39, 0.29) is 12.2 Å². The lowest BCUT2D eigenvalue weighted by molar-refractivity contribution is -0.145. The maximum absolute atomic E-state index is 11.7. The van der Waals surface area contributed by atoms with Gasteiger partial charge in [0.2, 0.25) is 0 Å². The van der Waals surface area contributed by atoms with Crippen LogP contribution in [0.15, 0.2) is 0 Å². The highest BCUT2D eigenvalue weighted by molar-refractivity contribution is 5.95. The van der Waals surface area contributed by atoms with Crippen molar-refractivity contribution in [3.8, 4) is 0 Å². The van der Waals surface area contributed by atoms with Crippen molar-refractivity contribution in [1.29, 1.82) is 0 Å². The van der Waals surface area contributed by atoms with Gasteiger partial charge in [-0.3, -0.25) is 14.5 Å². The molecule has 2 heterocycles. The molecule has 0 aromatic rings. The van der Waals surface area contributed by atoms with Gasteiger partial charge in [-0.25, -0.2) is 0 Å². The van der Waals surface area contributed by atoms with Gasteiger partial charge in [0, 0.05) is 32.1 Å². The number of carbonyl (C=O) groups is 2. The molecular formula is C16H28N2O3. The number of ketones is 1. The Morgan fingerprint density at radius 2 is 2.05 bits per heavy atom. The van der Waals surface area contributed by atoms with Gasteiger partial charge in [0.15, 0.2) is 0 Å². The fourth-order valence-electron chi connectivity index (χ4n) is 3.38. The zero-order chi connectivity index (χ0) is 15.1. The van der Waals surface area contributed by atoms with Gasteiger partial charge >= 0.3 is 5.97 Å². The summed E-state index contributed by atoms with van der Waals surface area (Å²) in [6.07, 6.45) is 5.29. The summed E-state index contributed by atoms with van der Waals surface area (Å²) in [4.78, 5) is 28.0. The van der Waals surface area contributed by atoms with Gasteiger partial charge < -0.3 is 9.64 Å². The van der Waals surface area contributed by atoms with Gasteiger partial charge in [0.25, 0.3) is 0 Å². The molecule has 2 aliphatic rings. The van der Waals surface area contributed by atoms with Crippen molar-refractivity contribution in [3.63, 3.8) is 0 Å². The molecule has 0 aromatic heterocycles. The third-order valence-corrected chi connectivity index (χ3v) is 4.50. The number of carbonyl (C=O) groups excluding carboxylic acids is 2. The molecule has 0 spiro atoms. The highest BCUT2D eigenvalue weighted by Crippen LogP contribution is 2.21. The lowest BCUT2D eigenvalue weighted by atomic mass is 9.99. The van der Waals surface area contributed by atoms with E-state index in [4.69, 9.17) is 4.74 Å². The minimum absolute atomic E-state index is 0.00440. The van der Waals surface area contributed by atoms with E-state index in [0.717, 1.165) is 32.1 Å². The second kappa shape index (κ2) is 8.49. The molecule has 0 amide bonds. The molecule has 0 N–H and O–H groups in total. The van der Waals surface area contributed by atoms with Crippen LogP contribution in [0.4, 0.5) is 0 Å². The predicted octanol–water partition coefficient (Wildman–Crippen LogP) is 1.46. The molecule has 5 nitrogen and oxygen atoms in total. The molecule has 2 saturated heterocycles. The van der Waals surface area contributed by atoms with Crippen molar-refractivity contribution in [1.82, 2.24) is 9.80 Å². The van der Waals surface area contributed by atoms with Crippen LogP contribution in [0.3, 0.4) is 0 Å². The van der Waals surface area contributed by atoms with Gasteiger partial charge in [-0.05, 0) is 39.3 Å². The third kappa shape index (κ3) is 5.40. The lowest BCUT2D eigenvalue weighted by Gasteiger charge is -2.44. The maximum Gasteiger partial charge on any atom is 0.313 e. The van der Waals surface area contributed by atoms with E-state index in [1.807, 2.05) is 0 Å². The van der Waals surface area contributed by atoms with Crippen molar-refractivity contribution in [2.45, 2.75) is 51.5 Å². The molecule has 1 unspecified atom stereocenters. The number of piperazine rings is 1. The molecule has 2 fully saturated rings. The zero-order valence-corrected chi connectivity index (χ0v) is 13.2. The van der Waals surface area contributed by atoms with Crippen molar-refractivity contribution in [3.05, 3.63) is 0 Å². The summed E-state index contributed by atoms with van der Waals surface area (Å²) in [5.41, 5.74) is 0. The zero-order valence-electron chi connectivity index (χ0n) is 13.2. The number of rotatable bonds is 7. The fourth-order valence-corrected chi connectivity index (χ4v) is 3.38. The van der Waals surface area contributed by atoms with Gasteiger partial charge in [-0.2, -0.15) is 0 Å². The Morgan fingerprint density at radius 1 is 1.19 bits per heavy atom. The fraction of sp³-hybridized carbons (Fsp3) is 0.875. The quantitative estimate of drug-likeness (QED) is 0.526. The first-order valence-corrected chi connectivity index (χ1v) is 8.32. The normalized spacial score (nSPS) is 23.6. The topological polar surface area (TPSA) is 49.9 Å². The van der Waals surface area contributed by atoms with Crippen molar-refractivity contribution in [2.75, 3.05) is 39.3 Å². The van der Waals surface area contributed by atoms with Gasteiger partial charge in [0.1, 0.15) is 12.2 Å². The van der Waals surface area contributed by atoms with Crippen LogP contribution in [0, 0.1) is 0 Å². The summed E-state index contributed by atoms with van der Waals surface area (Å²) in [7, 11) is 0. The first-order valence-electron chi connectivity index (χ1n) is 8.32. The van der Waals surface area contributed by atoms with E-state index < -0.39 is 5.97 Å². The molecule has 1 atom stereocenters. The van der Waals surface area contributed by atoms with Gasteiger partial charge in [0.05, 0.1) is 6.61 Å². The number of hydrogen-bond acceptors (Lipinski definition) is 5. The molecule has 0 saturated carbocycles. The Hall–Kier alpha value is -0.940. The van der Waals surface area contributed by atoms with Crippen LogP contribution in [0.2, 0.25) is 0 Å². The smallest absolute Gasteiger partial charge is 0.313 e. The Balaban J connectivity index is 1.60. The number of Topliss-reactive ketones (excluding diaryl/α,β-unsaturated/α-hetero) is 1. The molecule has 5 heteroatoms. The van der Waals surface area contributed by atoms with Gasteiger partial charge in [-0.1, -0.05) is 6.42 Å². The van der Waals surface area contributed by atoms with Crippen LogP contribution in [0.25, 0.3) is 0 Å². The summed E-state index contributed by atoms with van der Waals surface area (Å²) < 4.78 is 4.79. The number of fused-ring (bicyclic) bond motifs is 1. The highest BCUT2D eigenvalue weighted by Gasteiger charge is 2.28. The molecule has 2 aliphatic heterocycles. The minimum Gasteiger partial charge on any atom is -0.466 e. The molecule has 2 rings (SSSR count). The van der Waals surface area contributed by atoms with Crippen LogP contribution >= 0.6 is 0 Å². The Bertz CT molecular complexity index is 359. The van der Waals surface area contributed by atoms with E-state index in [9.17, 15) is 9.59 Å². The van der Waals surface area contributed by atoms with E-state index >= 15 is 0 Å². The first-order chi connectivity index (χ1) is 10.2. The highest BCUT2D eigenvalue weighted by atomic mass is 16.5. The lowest BCUT2D eigenvalue weighted by Crippen LogP contribution is -2.54. The summed E-state index contributed by atoms with van der Waals surface area (Å²) in [5.74, 6) is -0.386. The van der Waals surface area contributed by atoms with E-state index in [1.54, 1.807) is 6.92 Å². The van der Waals surface area contributed by atoms with Gasteiger partial charge in [-0.15, -0.1) is 0 Å². The molecule has 0 aromatic carbocycles. The maximum atomic E-state index is 11.7. The number of nitrogens with zero attached hydrogens (tertiary/aromatic N) is 2. The minimum atomic E-state index is -0.390. The molecule has 21 heavy (non-hydrogen) atoms. The summed E-state index contributed by atoms with van der Waals surface area (Å²) in [6, 6.07) is 0.725. The Morgan fingerprint density at radius 3 is 2.86 bits per heavy atom.